The van der Waals surface area contributed by atoms with E-state index >= 15 is 0 Å². The van der Waals surface area contributed by atoms with E-state index in [0.717, 1.165) is 5.56 Å². The van der Waals surface area contributed by atoms with Crippen molar-refractivity contribution in [2.24, 2.45) is 0 Å². The van der Waals surface area contributed by atoms with Crippen LogP contribution in [0.1, 0.15) is 15.9 Å². The lowest BCUT2D eigenvalue weighted by Gasteiger charge is -2.13. The molecule has 3 aromatic carbocycles. The minimum atomic E-state index is -3.86. The molecule has 1 amide bonds. The van der Waals surface area contributed by atoms with Crippen LogP contribution in [0.4, 0.5) is 11.4 Å². The standard InChI is InChI=1S/C22H22N2O5S/c1-15-7-4-5-10-19(15)24-30(26,27)18-9-6-8-16(13-18)22(25)23-20-12-11-17(28-2)14-21(20)29-3/h4-14,24H,1-3H3,(H,23,25). The van der Waals surface area contributed by atoms with Gasteiger partial charge in [0, 0.05) is 11.6 Å². The first-order chi connectivity index (χ1) is 14.3. The maximum absolute atomic E-state index is 12.8. The molecule has 8 heteroatoms. The Morgan fingerprint density at radius 1 is 0.867 bits per heavy atom. The molecule has 0 aromatic heterocycles. The summed E-state index contributed by atoms with van der Waals surface area (Å²) in [5.41, 5.74) is 1.91. The Bertz CT molecular complexity index is 1180. The highest BCUT2D eigenvalue weighted by molar-refractivity contribution is 7.92. The van der Waals surface area contributed by atoms with Crippen molar-refractivity contribution >= 4 is 27.3 Å². The fourth-order valence-corrected chi connectivity index (χ4v) is 3.97. The van der Waals surface area contributed by atoms with Crippen molar-refractivity contribution in [3.63, 3.8) is 0 Å². The first-order valence-electron chi connectivity index (χ1n) is 9.06. The second kappa shape index (κ2) is 8.87. The van der Waals surface area contributed by atoms with Crippen molar-refractivity contribution in [1.82, 2.24) is 0 Å². The van der Waals surface area contributed by atoms with E-state index in [9.17, 15) is 13.2 Å². The van der Waals surface area contributed by atoms with E-state index < -0.39 is 15.9 Å². The quantitative estimate of drug-likeness (QED) is 0.594. The third kappa shape index (κ3) is 4.72. The maximum Gasteiger partial charge on any atom is 0.261 e. The van der Waals surface area contributed by atoms with E-state index in [1.165, 1.54) is 38.5 Å². The fraction of sp³-hybridized carbons (Fsp3) is 0.136. The van der Waals surface area contributed by atoms with Gasteiger partial charge in [0.15, 0.2) is 0 Å². The zero-order chi connectivity index (χ0) is 21.7. The second-order valence-corrected chi connectivity index (χ2v) is 8.15. The van der Waals surface area contributed by atoms with Crippen LogP contribution < -0.4 is 19.5 Å². The Morgan fingerprint density at radius 2 is 1.63 bits per heavy atom. The highest BCUT2D eigenvalue weighted by Crippen LogP contribution is 2.29. The second-order valence-electron chi connectivity index (χ2n) is 6.47. The SMILES string of the molecule is COc1ccc(NC(=O)c2cccc(S(=O)(=O)Nc3ccccc3C)c2)c(OC)c1. The van der Waals surface area contributed by atoms with Crippen molar-refractivity contribution in [2.75, 3.05) is 24.3 Å². The van der Waals surface area contributed by atoms with Gasteiger partial charge < -0.3 is 14.8 Å². The van der Waals surface area contributed by atoms with Gasteiger partial charge in [-0.15, -0.1) is 0 Å². The molecule has 0 saturated heterocycles. The van der Waals surface area contributed by atoms with Crippen LogP contribution in [0, 0.1) is 6.92 Å². The van der Waals surface area contributed by atoms with Crippen molar-refractivity contribution in [3.05, 3.63) is 77.9 Å². The van der Waals surface area contributed by atoms with E-state index in [-0.39, 0.29) is 10.5 Å². The number of benzene rings is 3. The number of methoxy groups -OCH3 is 2. The molecule has 0 saturated carbocycles. The molecule has 3 aromatic rings. The summed E-state index contributed by atoms with van der Waals surface area (Å²) >= 11 is 0. The molecule has 0 heterocycles. The average molecular weight is 426 g/mol. The number of hydrogen-bond donors (Lipinski definition) is 2. The molecular formula is C22H22N2O5S. The maximum atomic E-state index is 12.8. The summed E-state index contributed by atoms with van der Waals surface area (Å²) in [6.07, 6.45) is 0. The number of aryl methyl sites for hydroxylation is 1. The van der Waals surface area contributed by atoms with E-state index in [4.69, 9.17) is 9.47 Å². The van der Waals surface area contributed by atoms with Crippen molar-refractivity contribution < 1.29 is 22.7 Å². The van der Waals surface area contributed by atoms with Crippen molar-refractivity contribution in [1.29, 1.82) is 0 Å². The highest BCUT2D eigenvalue weighted by atomic mass is 32.2. The van der Waals surface area contributed by atoms with Crippen LogP contribution >= 0.6 is 0 Å². The molecule has 7 nitrogen and oxygen atoms in total. The van der Waals surface area contributed by atoms with Gasteiger partial charge in [-0.2, -0.15) is 0 Å². The summed E-state index contributed by atoms with van der Waals surface area (Å²) in [7, 11) is -0.845. The number of carbonyl (C=O) groups excluding carboxylic acids is 1. The summed E-state index contributed by atoms with van der Waals surface area (Å²) in [5, 5.41) is 2.73. The fourth-order valence-electron chi connectivity index (χ4n) is 2.79. The topological polar surface area (TPSA) is 93.7 Å². The van der Waals surface area contributed by atoms with Crippen LogP contribution in [-0.4, -0.2) is 28.5 Å². The van der Waals surface area contributed by atoms with Crippen LogP contribution in [0.3, 0.4) is 0 Å². The largest absolute Gasteiger partial charge is 0.497 e. The Labute approximate surface area is 175 Å². The van der Waals surface area contributed by atoms with Gasteiger partial charge in [0.25, 0.3) is 15.9 Å². The Kier molecular flexibility index (Phi) is 6.27. The molecule has 0 spiro atoms. The first kappa shape index (κ1) is 21.2. The van der Waals surface area contributed by atoms with Crippen LogP contribution in [0.2, 0.25) is 0 Å². The van der Waals surface area contributed by atoms with E-state index in [1.807, 2.05) is 19.1 Å². The third-order valence-corrected chi connectivity index (χ3v) is 5.82. The van der Waals surface area contributed by atoms with E-state index in [0.29, 0.717) is 22.9 Å². The monoisotopic (exact) mass is 426 g/mol. The van der Waals surface area contributed by atoms with Gasteiger partial charge in [-0.3, -0.25) is 9.52 Å². The van der Waals surface area contributed by atoms with Gasteiger partial charge in [0.2, 0.25) is 0 Å². The lowest BCUT2D eigenvalue weighted by Crippen LogP contribution is -2.16. The summed E-state index contributed by atoms with van der Waals surface area (Å²) in [6, 6.07) is 17.9. The van der Waals surface area contributed by atoms with E-state index in [2.05, 4.69) is 10.0 Å². The van der Waals surface area contributed by atoms with Gasteiger partial charge in [-0.05, 0) is 48.9 Å². The Hall–Kier alpha value is -3.52. The number of carbonyl (C=O) groups is 1. The van der Waals surface area contributed by atoms with Gasteiger partial charge in [-0.25, -0.2) is 8.42 Å². The molecule has 0 aliphatic carbocycles. The summed E-state index contributed by atoms with van der Waals surface area (Å²) in [6.45, 7) is 1.81. The predicted octanol–water partition coefficient (Wildman–Crippen LogP) is 4.07. The zero-order valence-electron chi connectivity index (χ0n) is 16.8. The molecule has 0 fully saturated rings. The number of ether oxygens (including phenoxy) is 2. The minimum Gasteiger partial charge on any atom is -0.497 e. The molecule has 3 rings (SSSR count). The molecule has 0 aliphatic heterocycles. The number of para-hydroxylation sites is 1. The molecule has 0 radical (unpaired) electrons. The lowest BCUT2D eigenvalue weighted by molar-refractivity contribution is 0.102. The third-order valence-electron chi connectivity index (χ3n) is 4.45. The zero-order valence-corrected chi connectivity index (χ0v) is 17.6. The average Bonchev–Trinajstić information content (AvgIpc) is 2.75. The molecule has 0 aliphatic rings. The number of nitrogens with one attached hydrogen (secondary N) is 2. The number of anilines is 2. The summed E-state index contributed by atoms with van der Waals surface area (Å²) < 4.78 is 38.5. The van der Waals surface area contributed by atoms with Gasteiger partial charge in [0.1, 0.15) is 11.5 Å². The number of rotatable bonds is 7. The van der Waals surface area contributed by atoms with Crippen LogP contribution in [-0.2, 0) is 10.0 Å². The van der Waals surface area contributed by atoms with Gasteiger partial charge in [-0.1, -0.05) is 24.3 Å². The van der Waals surface area contributed by atoms with Crippen LogP contribution in [0.25, 0.3) is 0 Å². The van der Waals surface area contributed by atoms with Gasteiger partial charge >= 0.3 is 0 Å². The molecule has 2 N–H and O–H groups in total. The van der Waals surface area contributed by atoms with Crippen LogP contribution in [0.5, 0.6) is 11.5 Å². The minimum absolute atomic E-state index is 0.0138. The number of amides is 1. The Morgan fingerprint density at radius 3 is 2.33 bits per heavy atom. The normalized spacial score (nSPS) is 10.9. The first-order valence-corrected chi connectivity index (χ1v) is 10.5. The smallest absolute Gasteiger partial charge is 0.261 e. The van der Waals surface area contributed by atoms with Crippen molar-refractivity contribution in [3.8, 4) is 11.5 Å². The molecule has 0 bridgehead atoms. The van der Waals surface area contributed by atoms with Crippen LogP contribution in [0.15, 0.2) is 71.6 Å². The summed E-state index contributed by atoms with van der Waals surface area (Å²) in [4.78, 5) is 12.7. The highest BCUT2D eigenvalue weighted by Gasteiger charge is 2.18. The molecule has 0 unspecified atom stereocenters. The lowest BCUT2D eigenvalue weighted by atomic mass is 10.2. The molecular weight excluding hydrogens is 404 g/mol. The number of hydrogen-bond acceptors (Lipinski definition) is 5. The number of sulfonamides is 1. The molecule has 156 valence electrons. The predicted molar refractivity (Wildman–Crippen MR) is 116 cm³/mol. The van der Waals surface area contributed by atoms with Crippen molar-refractivity contribution in [2.45, 2.75) is 11.8 Å². The summed E-state index contributed by atoms with van der Waals surface area (Å²) in [5.74, 6) is 0.541. The molecule has 0 atom stereocenters. The van der Waals surface area contributed by atoms with Gasteiger partial charge in [0.05, 0.1) is 30.5 Å². The molecule has 30 heavy (non-hydrogen) atoms. The Balaban J connectivity index is 1.84. The van der Waals surface area contributed by atoms with E-state index in [1.54, 1.807) is 30.3 Å².